The second-order valence-corrected chi connectivity index (χ2v) is 7.96. The first kappa shape index (κ1) is 23.4. The summed E-state index contributed by atoms with van der Waals surface area (Å²) in [4.78, 5) is 14.6. The fourth-order valence-corrected chi connectivity index (χ4v) is 3.75. The van der Waals surface area contributed by atoms with E-state index in [1.54, 1.807) is 37.4 Å². The van der Waals surface area contributed by atoms with Gasteiger partial charge in [-0.1, -0.05) is 42.5 Å². The predicted octanol–water partition coefficient (Wildman–Crippen LogP) is 7.44. The summed E-state index contributed by atoms with van der Waals surface area (Å²) in [6.07, 6.45) is 0.575. The van der Waals surface area contributed by atoms with Crippen molar-refractivity contribution in [3.63, 3.8) is 0 Å². The van der Waals surface area contributed by atoms with Crippen molar-refractivity contribution in [2.45, 2.75) is 26.9 Å². The van der Waals surface area contributed by atoms with Crippen molar-refractivity contribution >= 4 is 23.1 Å². The number of carbonyl (C=O) groups excluding carboxylic acids is 1. The van der Waals surface area contributed by atoms with Crippen molar-refractivity contribution in [3.05, 3.63) is 100 Å². The summed E-state index contributed by atoms with van der Waals surface area (Å²) in [6, 6.07) is 8.21. The Kier molecular flexibility index (Phi) is 6.37. The normalized spacial score (nSPS) is 14.9. The molecule has 1 amide bonds. The van der Waals surface area contributed by atoms with Gasteiger partial charge in [-0.15, -0.1) is 0 Å². The van der Waals surface area contributed by atoms with Gasteiger partial charge in [-0.3, -0.25) is 9.69 Å². The molecule has 0 unspecified atom stereocenters. The Bertz CT molecular complexity index is 1200. The molecular weight excluding hydrogens is 439 g/mol. The largest absolute Gasteiger partial charge is 0.512 e. The fourth-order valence-electron chi connectivity index (χ4n) is 3.46. The van der Waals surface area contributed by atoms with E-state index in [4.69, 9.17) is 11.6 Å². The first-order valence-electron chi connectivity index (χ1n) is 9.67. The molecule has 166 valence electrons. The van der Waals surface area contributed by atoms with Crippen LogP contribution >= 0.6 is 11.6 Å². The van der Waals surface area contributed by atoms with E-state index in [1.807, 2.05) is 13.0 Å². The summed E-state index contributed by atoms with van der Waals surface area (Å²) in [5.74, 6) is -0.674. The number of allylic oxidation sites excluding steroid dienone is 4. The molecule has 1 aliphatic rings. The Morgan fingerprint density at radius 2 is 1.81 bits per heavy atom. The molecule has 0 atom stereocenters. The standard InChI is InChI=1S/C25H21ClF3NO2/c1-14-10-18(21-8-7-20(13-22(21)26)25(27,28)29)12-19(11-14)23(17(4)31)24(32)30-9-5-6-15(2)16(30)3/h5-13,31H,3H2,1-2,4H3/b23-17+. The summed E-state index contributed by atoms with van der Waals surface area (Å²) in [5, 5.41) is 10.3. The fraction of sp³-hybridized carbons (Fsp3) is 0.160. The number of nitrogens with zero attached hydrogens (tertiary/aromatic N) is 1. The highest BCUT2D eigenvalue weighted by Crippen LogP contribution is 2.37. The maximum Gasteiger partial charge on any atom is 0.416 e. The second-order valence-electron chi connectivity index (χ2n) is 7.55. The lowest BCUT2D eigenvalue weighted by molar-refractivity contribution is -0.137. The summed E-state index contributed by atoms with van der Waals surface area (Å²) >= 11 is 6.17. The van der Waals surface area contributed by atoms with Crippen LogP contribution in [-0.2, 0) is 11.0 Å². The van der Waals surface area contributed by atoms with Gasteiger partial charge in [-0.25, -0.2) is 0 Å². The van der Waals surface area contributed by atoms with E-state index < -0.39 is 17.6 Å². The molecule has 1 heterocycles. The van der Waals surface area contributed by atoms with Gasteiger partial charge in [0.05, 0.1) is 11.1 Å². The molecule has 1 N–H and O–H groups in total. The molecule has 0 saturated carbocycles. The van der Waals surface area contributed by atoms with Crippen LogP contribution in [0, 0.1) is 6.92 Å². The van der Waals surface area contributed by atoms with Crippen molar-refractivity contribution in [3.8, 4) is 11.1 Å². The summed E-state index contributed by atoms with van der Waals surface area (Å²) in [7, 11) is 0. The van der Waals surface area contributed by atoms with E-state index >= 15 is 0 Å². The van der Waals surface area contributed by atoms with Crippen molar-refractivity contribution < 1.29 is 23.1 Å². The van der Waals surface area contributed by atoms with Crippen LogP contribution in [0.4, 0.5) is 13.2 Å². The zero-order valence-electron chi connectivity index (χ0n) is 17.7. The SMILES string of the molecule is C=C1C(C)=CC=CN1C(=O)/C(=C(\C)O)c1cc(C)cc(-c2ccc(C(F)(F)F)cc2Cl)c1. The number of amides is 1. The molecule has 0 bridgehead atoms. The zero-order valence-corrected chi connectivity index (χ0v) is 18.5. The Balaban J connectivity index is 2.08. The van der Waals surface area contributed by atoms with Gasteiger partial charge in [0.1, 0.15) is 5.76 Å². The number of aliphatic hydroxyl groups is 1. The Hall–Kier alpha value is -3.25. The molecule has 0 fully saturated rings. The van der Waals surface area contributed by atoms with Crippen LogP contribution in [0.3, 0.4) is 0 Å². The van der Waals surface area contributed by atoms with Crippen molar-refractivity contribution in [2.24, 2.45) is 0 Å². The van der Waals surface area contributed by atoms with Crippen LogP contribution in [0.15, 0.2) is 78.4 Å². The average Bonchev–Trinajstić information content (AvgIpc) is 2.68. The Labute approximate surface area is 189 Å². The third-order valence-electron chi connectivity index (χ3n) is 5.10. The maximum absolute atomic E-state index is 13.3. The molecule has 2 aromatic carbocycles. The number of rotatable bonds is 3. The van der Waals surface area contributed by atoms with Crippen LogP contribution in [-0.4, -0.2) is 15.9 Å². The van der Waals surface area contributed by atoms with Gasteiger partial charge in [0, 0.05) is 22.5 Å². The number of carbonyl (C=O) groups is 1. The molecule has 0 aromatic heterocycles. The molecule has 0 radical (unpaired) electrons. The number of benzene rings is 2. The van der Waals surface area contributed by atoms with Crippen LogP contribution in [0.1, 0.15) is 30.5 Å². The lowest BCUT2D eigenvalue weighted by Crippen LogP contribution is -2.28. The van der Waals surface area contributed by atoms with Crippen LogP contribution < -0.4 is 0 Å². The van der Waals surface area contributed by atoms with Crippen LogP contribution in [0.25, 0.3) is 16.7 Å². The lowest BCUT2D eigenvalue weighted by Gasteiger charge is -2.25. The minimum absolute atomic E-state index is 0.0542. The van der Waals surface area contributed by atoms with Crippen molar-refractivity contribution in [2.75, 3.05) is 0 Å². The topological polar surface area (TPSA) is 40.5 Å². The first-order valence-corrected chi connectivity index (χ1v) is 10.0. The molecule has 1 aliphatic heterocycles. The highest BCUT2D eigenvalue weighted by Gasteiger charge is 2.31. The van der Waals surface area contributed by atoms with Gasteiger partial charge in [0.15, 0.2) is 0 Å². The van der Waals surface area contributed by atoms with Crippen LogP contribution in [0.2, 0.25) is 5.02 Å². The Morgan fingerprint density at radius 3 is 2.41 bits per heavy atom. The lowest BCUT2D eigenvalue weighted by atomic mass is 9.94. The first-order chi connectivity index (χ1) is 14.9. The van der Waals surface area contributed by atoms with E-state index in [9.17, 15) is 23.1 Å². The van der Waals surface area contributed by atoms with Gasteiger partial charge in [-0.2, -0.15) is 13.2 Å². The molecular formula is C25H21ClF3NO2. The molecule has 0 aliphatic carbocycles. The highest BCUT2D eigenvalue weighted by molar-refractivity contribution is 6.33. The van der Waals surface area contributed by atoms with E-state index in [0.29, 0.717) is 22.4 Å². The van der Waals surface area contributed by atoms with Crippen molar-refractivity contribution in [1.82, 2.24) is 4.90 Å². The predicted molar refractivity (Wildman–Crippen MR) is 121 cm³/mol. The zero-order chi connectivity index (χ0) is 23.8. The molecule has 32 heavy (non-hydrogen) atoms. The summed E-state index contributed by atoms with van der Waals surface area (Å²) in [5.41, 5.74) is 2.55. The van der Waals surface area contributed by atoms with Gasteiger partial charge < -0.3 is 5.11 Å². The van der Waals surface area contributed by atoms with E-state index in [2.05, 4.69) is 6.58 Å². The van der Waals surface area contributed by atoms with Crippen LogP contribution in [0.5, 0.6) is 0 Å². The average molecular weight is 460 g/mol. The summed E-state index contributed by atoms with van der Waals surface area (Å²) < 4.78 is 39.0. The molecule has 3 rings (SSSR count). The number of hydrogen-bond acceptors (Lipinski definition) is 2. The number of aliphatic hydroxyl groups excluding tert-OH is 1. The molecule has 0 spiro atoms. The van der Waals surface area contributed by atoms with Gasteiger partial charge in [0.2, 0.25) is 0 Å². The third-order valence-corrected chi connectivity index (χ3v) is 5.41. The maximum atomic E-state index is 13.3. The minimum atomic E-state index is -4.51. The number of alkyl halides is 3. The van der Waals surface area contributed by atoms with Gasteiger partial charge in [0.25, 0.3) is 5.91 Å². The highest BCUT2D eigenvalue weighted by atomic mass is 35.5. The Morgan fingerprint density at radius 1 is 1.12 bits per heavy atom. The minimum Gasteiger partial charge on any atom is -0.512 e. The van der Waals surface area contributed by atoms with Gasteiger partial charge >= 0.3 is 6.18 Å². The number of hydrogen-bond donors (Lipinski definition) is 1. The molecule has 7 heteroatoms. The van der Waals surface area contributed by atoms with E-state index in [1.165, 1.54) is 17.9 Å². The monoisotopic (exact) mass is 459 g/mol. The quantitative estimate of drug-likeness (QED) is 0.382. The summed E-state index contributed by atoms with van der Waals surface area (Å²) in [6.45, 7) is 8.93. The molecule has 3 nitrogen and oxygen atoms in total. The number of halogens is 4. The second kappa shape index (κ2) is 8.71. The molecule has 2 aromatic rings. The smallest absolute Gasteiger partial charge is 0.416 e. The third kappa shape index (κ3) is 4.65. The van der Waals surface area contributed by atoms with Gasteiger partial charge in [-0.05, 0) is 67.3 Å². The number of aryl methyl sites for hydroxylation is 1. The van der Waals surface area contributed by atoms with E-state index in [-0.39, 0.29) is 16.4 Å². The van der Waals surface area contributed by atoms with Crippen molar-refractivity contribution in [1.29, 1.82) is 0 Å². The molecule has 0 saturated heterocycles. The van der Waals surface area contributed by atoms with E-state index in [0.717, 1.165) is 23.3 Å².